The maximum Gasteiger partial charge on any atom is 0.162 e. The molecule has 0 atom stereocenters. The summed E-state index contributed by atoms with van der Waals surface area (Å²) in [6.45, 7) is 0. The number of nitrogens with two attached hydrogens (primary N) is 1. The van der Waals surface area contributed by atoms with Crippen molar-refractivity contribution in [2.75, 3.05) is 5.73 Å². The zero-order valence-electron chi connectivity index (χ0n) is 8.84. The molecule has 2 N–H and O–H groups in total. The maximum absolute atomic E-state index is 5.67. The lowest BCUT2D eigenvalue weighted by Crippen LogP contribution is -1.94. The average molecular weight is 289 g/mol. The molecular formula is C12H9BrN4. The minimum Gasteiger partial charge on any atom is -0.396 e. The molecule has 0 saturated carbocycles. The van der Waals surface area contributed by atoms with Crippen molar-refractivity contribution in [3.63, 3.8) is 0 Å². The van der Waals surface area contributed by atoms with Crippen LogP contribution in [0.4, 0.5) is 5.69 Å². The van der Waals surface area contributed by atoms with Crippen LogP contribution in [0.3, 0.4) is 0 Å². The molecule has 2 heterocycles. The van der Waals surface area contributed by atoms with E-state index in [0.29, 0.717) is 5.69 Å². The smallest absolute Gasteiger partial charge is 0.162 e. The lowest BCUT2D eigenvalue weighted by molar-refractivity contribution is 0.942. The summed E-state index contributed by atoms with van der Waals surface area (Å²) >= 11 is 3.53. The molecule has 0 bridgehead atoms. The minimum atomic E-state index is 0.597. The summed E-state index contributed by atoms with van der Waals surface area (Å²) in [7, 11) is 0. The number of aromatic nitrogens is 3. The molecule has 0 saturated heterocycles. The Morgan fingerprint density at radius 3 is 2.76 bits per heavy atom. The van der Waals surface area contributed by atoms with Gasteiger partial charge in [-0.25, -0.2) is 9.50 Å². The summed E-state index contributed by atoms with van der Waals surface area (Å²) in [5.41, 5.74) is 9.12. The third kappa shape index (κ3) is 1.68. The Bertz CT molecular complexity index is 690. The van der Waals surface area contributed by atoms with Crippen molar-refractivity contribution < 1.29 is 0 Å². The Labute approximate surface area is 106 Å². The fourth-order valence-corrected chi connectivity index (χ4v) is 2.26. The Morgan fingerprint density at radius 2 is 1.94 bits per heavy atom. The first kappa shape index (κ1) is 10.3. The largest absolute Gasteiger partial charge is 0.396 e. The van der Waals surface area contributed by atoms with Gasteiger partial charge < -0.3 is 5.73 Å². The Morgan fingerprint density at radius 1 is 1.12 bits per heavy atom. The van der Waals surface area contributed by atoms with Gasteiger partial charge in [-0.1, -0.05) is 34.1 Å². The van der Waals surface area contributed by atoms with E-state index >= 15 is 0 Å². The van der Waals surface area contributed by atoms with Crippen LogP contribution in [0, 0.1) is 0 Å². The normalized spacial score (nSPS) is 10.9. The molecule has 0 fully saturated rings. The third-order valence-electron chi connectivity index (χ3n) is 2.54. The molecule has 3 aromatic rings. The van der Waals surface area contributed by atoms with Gasteiger partial charge in [-0.3, -0.25) is 0 Å². The molecule has 5 heteroatoms. The van der Waals surface area contributed by atoms with Gasteiger partial charge in [-0.15, -0.1) is 0 Å². The molecule has 1 aromatic carbocycles. The monoisotopic (exact) mass is 288 g/mol. The summed E-state index contributed by atoms with van der Waals surface area (Å²) in [6, 6.07) is 7.99. The highest BCUT2D eigenvalue weighted by atomic mass is 79.9. The molecule has 4 nitrogen and oxygen atoms in total. The van der Waals surface area contributed by atoms with Crippen molar-refractivity contribution in [3.05, 3.63) is 47.3 Å². The van der Waals surface area contributed by atoms with Crippen LogP contribution in [0.5, 0.6) is 0 Å². The summed E-state index contributed by atoms with van der Waals surface area (Å²) in [5, 5.41) is 4.25. The van der Waals surface area contributed by atoms with E-state index in [1.54, 1.807) is 23.1 Å². The first-order chi connectivity index (χ1) is 8.25. The first-order valence-corrected chi connectivity index (χ1v) is 5.89. The van der Waals surface area contributed by atoms with E-state index < -0.39 is 0 Å². The number of halogens is 1. The van der Waals surface area contributed by atoms with Gasteiger partial charge in [-0.05, 0) is 6.07 Å². The maximum atomic E-state index is 5.67. The van der Waals surface area contributed by atoms with Crippen molar-refractivity contribution in [2.45, 2.75) is 0 Å². The highest BCUT2D eigenvalue weighted by molar-refractivity contribution is 9.10. The predicted molar refractivity (Wildman–Crippen MR) is 70.5 cm³/mol. The zero-order chi connectivity index (χ0) is 11.8. The number of hydrogen-bond donors (Lipinski definition) is 1. The number of anilines is 1. The molecular weight excluding hydrogens is 280 g/mol. The molecule has 0 aliphatic heterocycles. The van der Waals surface area contributed by atoms with Crippen LogP contribution in [0.15, 0.2) is 47.3 Å². The van der Waals surface area contributed by atoms with Crippen molar-refractivity contribution >= 4 is 27.3 Å². The van der Waals surface area contributed by atoms with Gasteiger partial charge in [0.25, 0.3) is 0 Å². The second kappa shape index (κ2) is 3.85. The number of hydrogen-bond acceptors (Lipinski definition) is 3. The van der Waals surface area contributed by atoms with Crippen molar-refractivity contribution in [1.29, 1.82) is 0 Å². The average Bonchev–Trinajstić information content (AvgIpc) is 2.72. The topological polar surface area (TPSA) is 56.2 Å². The Kier molecular flexibility index (Phi) is 2.33. The number of nitrogens with zero attached hydrogens (tertiary/aromatic N) is 3. The van der Waals surface area contributed by atoms with Crippen LogP contribution in [0.1, 0.15) is 0 Å². The van der Waals surface area contributed by atoms with Gasteiger partial charge in [0.15, 0.2) is 5.65 Å². The lowest BCUT2D eigenvalue weighted by atomic mass is 10.1. The number of fused-ring (bicyclic) bond motifs is 1. The predicted octanol–water partition coefficient (Wildman–Crippen LogP) is 2.74. The van der Waals surface area contributed by atoms with Crippen LogP contribution in [-0.2, 0) is 0 Å². The van der Waals surface area contributed by atoms with Gasteiger partial charge in [-0.2, -0.15) is 5.10 Å². The van der Waals surface area contributed by atoms with E-state index in [2.05, 4.69) is 26.0 Å². The van der Waals surface area contributed by atoms with Crippen molar-refractivity contribution in [2.24, 2.45) is 0 Å². The number of benzene rings is 1. The molecule has 17 heavy (non-hydrogen) atoms. The second-order valence-electron chi connectivity index (χ2n) is 3.69. The number of nitrogen functional groups attached to an aromatic ring is 1. The molecule has 0 aliphatic rings. The SMILES string of the molecule is Nc1cnc2c(-c3ccccc3Br)cnn2c1. The van der Waals surface area contributed by atoms with E-state index in [1.807, 2.05) is 24.3 Å². The van der Waals surface area contributed by atoms with Crippen LogP contribution in [0.2, 0.25) is 0 Å². The molecule has 84 valence electrons. The highest BCUT2D eigenvalue weighted by Gasteiger charge is 2.10. The fourth-order valence-electron chi connectivity index (χ4n) is 1.76. The second-order valence-corrected chi connectivity index (χ2v) is 4.55. The Hall–Kier alpha value is -1.88. The highest BCUT2D eigenvalue weighted by Crippen LogP contribution is 2.30. The third-order valence-corrected chi connectivity index (χ3v) is 3.23. The Balaban J connectivity index is 2.29. The van der Waals surface area contributed by atoms with E-state index in [1.165, 1.54) is 0 Å². The molecule has 0 spiro atoms. The summed E-state index contributed by atoms with van der Waals surface area (Å²) in [4.78, 5) is 4.31. The van der Waals surface area contributed by atoms with Crippen LogP contribution >= 0.6 is 15.9 Å². The molecule has 0 amide bonds. The van der Waals surface area contributed by atoms with Gasteiger partial charge in [0, 0.05) is 15.6 Å². The summed E-state index contributed by atoms with van der Waals surface area (Å²) in [6.07, 6.45) is 5.18. The quantitative estimate of drug-likeness (QED) is 0.749. The number of rotatable bonds is 1. The first-order valence-electron chi connectivity index (χ1n) is 5.09. The van der Waals surface area contributed by atoms with Crippen molar-refractivity contribution in [1.82, 2.24) is 14.6 Å². The van der Waals surface area contributed by atoms with Crippen LogP contribution in [-0.4, -0.2) is 14.6 Å². The van der Waals surface area contributed by atoms with Crippen molar-refractivity contribution in [3.8, 4) is 11.1 Å². The summed E-state index contributed by atoms with van der Waals surface area (Å²) < 4.78 is 2.71. The zero-order valence-corrected chi connectivity index (χ0v) is 10.4. The molecule has 3 rings (SSSR count). The van der Waals surface area contributed by atoms with E-state index in [9.17, 15) is 0 Å². The van der Waals surface area contributed by atoms with E-state index in [0.717, 1.165) is 21.2 Å². The van der Waals surface area contributed by atoms with Gasteiger partial charge >= 0.3 is 0 Å². The fraction of sp³-hybridized carbons (Fsp3) is 0. The van der Waals surface area contributed by atoms with Gasteiger partial charge in [0.05, 0.1) is 24.3 Å². The molecule has 2 aromatic heterocycles. The van der Waals surface area contributed by atoms with Crippen LogP contribution in [0.25, 0.3) is 16.8 Å². The van der Waals surface area contributed by atoms with Gasteiger partial charge in [0.2, 0.25) is 0 Å². The molecule has 0 aliphatic carbocycles. The van der Waals surface area contributed by atoms with Crippen LogP contribution < -0.4 is 5.73 Å². The molecule has 0 radical (unpaired) electrons. The molecule has 0 unspecified atom stereocenters. The summed E-state index contributed by atoms with van der Waals surface area (Å²) in [5.74, 6) is 0. The van der Waals surface area contributed by atoms with E-state index in [-0.39, 0.29) is 0 Å². The van der Waals surface area contributed by atoms with Gasteiger partial charge in [0.1, 0.15) is 0 Å². The van der Waals surface area contributed by atoms with E-state index in [4.69, 9.17) is 5.73 Å². The standard InChI is InChI=1S/C12H9BrN4/c13-11-4-2-1-3-9(11)10-6-16-17-7-8(14)5-15-12(10)17/h1-7H,14H2. The lowest BCUT2D eigenvalue weighted by Gasteiger charge is -2.01. The minimum absolute atomic E-state index is 0.597.